The Bertz CT molecular complexity index is 1400. The normalized spacial score (nSPS) is 27.6. The number of benzene rings is 1. The zero-order valence-corrected chi connectivity index (χ0v) is 19.5. The van der Waals surface area contributed by atoms with Crippen molar-refractivity contribution in [3.63, 3.8) is 0 Å². The van der Waals surface area contributed by atoms with E-state index >= 15 is 0 Å². The van der Waals surface area contributed by atoms with E-state index in [1.165, 1.54) is 11.0 Å². The third-order valence-electron chi connectivity index (χ3n) is 7.41. The molecule has 11 nitrogen and oxygen atoms in total. The van der Waals surface area contributed by atoms with Crippen LogP contribution in [0.1, 0.15) is 17.5 Å². The Hall–Kier alpha value is -4.09. The van der Waals surface area contributed by atoms with E-state index in [0.29, 0.717) is 17.0 Å². The number of nitrogens with two attached hydrogens (primary N) is 1. The lowest BCUT2D eigenvalue weighted by Gasteiger charge is -2.50. The number of hydrogen-bond acceptors (Lipinski definition) is 10. The fourth-order valence-corrected chi connectivity index (χ4v) is 5.89. The van der Waals surface area contributed by atoms with Gasteiger partial charge in [-0.15, -0.1) is 0 Å². The second-order valence-electron chi connectivity index (χ2n) is 9.52. The van der Waals surface area contributed by atoms with Gasteiger partial charge >= 0.3 is 0 Å². The van der Waals surface area contributed by atoms with Crippen LogP contribution in [0.5, 0.6) is 5.75 Å². The van der Waals surface area contributed by atoms with E-state index in [-0.39, 0.29) is 29.7 Å². The molecule has 0 bridgehead atoms. The molecular weight excluding hydrogens is 468 g/mol. The first kappa shape index (κ1) is 23.6. The second kappa shape index (κ2) is 7.97. The number of Topliss-reactive ketones (excluding diaryl/α,β-unsaturated/α-hetero) is 2. The summed E-state index contributed by atoms with van der Waals surface area (Å²) in [5.74, 6) is -6.53. The Balaban J connectivity index is 1.75. The Morgan fingerprint density at radius 3 is 2.42 bits per heavy atom. The molecule has 186 valence electrons. The Morgan fingerprint density at radius 2 is 1.81 bits per heavy atom. The molecule has 0 radical (unpaired) electrons. The standard InChI is InChI=1S/C25H24N4O7/c1-29(2)18-13-9-10-8-12-11(24-27-6-3-7-28-24)4-5-14(30)16(12)19(31)15(10)21(33)25(13,36)22(34)17(20(18)32)23(26)35/h3-7,10,13,18,30-31,34,36H,8-9H2,1-2H3,(H2,26,35). The molecule has 36 heavy (non-hydrogen) atoms. The molecule has 1 saturated carbocycles. The average Bonchev–Trinajstić information content (AvgIpc) is 2.81. The number of likely N-dealkylation sites (N-methyl/N-ethyl adjacent to an activating group) is 1. The number of amides is 1. The highest BCUT2D eigenvalue weighted by molar-refractivity contribution is 6.24. The van der Waals surface area contributed by atoms with Gasteiger partial charge in [-0.25, -0.2) is 9.97 Å². The van der Waals surface area contributed by atoms with Crippen molar-refractivity contribution in [2.24, 2.45) is 17.6 Å². The predicted molar refractivity (Wildman–Crippen MR) is 125 cm³/mol. The van der Waals surface area contributed by atoms with Gasteiger partial charge in [-0.1, -0.05) is 0 Å². The van der Waals surface area contributed by atoms with Crippen LogP contribution in [0, 0.1) is 11.8 Å². The lowest BCUT2D eigenvalue weighted by Crippen LogP contribution is -2.65. The number of carbonyl (C=O) groups excluding carboxylic acids is 3. The zero-order valence-electron chi connectivity index (χ0n) is 19.5. The van der Waals surface area contributed by atoms with E-state index in [9.17, 15) is 34.8 Å². The number of fused-ring (bicyclic) bond motifs is 3. The van der Waals surface area contributed by atoms with E-state index < -0.39 is 58.0 Å². The quantitative estimate of drug-likeness (QED) is 0.376. The summed E-state index contributed by atoms with van der Waals surface area (Å²) in [5.41, 5.74) is 2.66. The summed E-state index contributed by atoms with van der Waals surface area (Å²) >= 11 is 0. The summed E-state index contributed by atoms with van der Waals surface area (Å²) in [7, 11) is 3.10. The summed E-state index contributed by atoms with van der Waals surface area (Å²) in [6, 6.07) is 3.47. The highest BCUT2D eigenvalue weighted by atomic mass is 16.3. The molecule has 0 aliphatic heterocycles. The number of aliphatic hydroxyl groups excluding tert-OH is 2. The molecule has 1 amide bonds. The minimum absolute atomic E-state index is 0.00348. The molecule has 3 aliphatic carbocycles. The van der Waals surface area contributed by atoms with Gasteiger partial charge in [-0.2, -0.15) is 0 Å². The number of aromatic nitrogens is 2. The highest BCUT2D eigenvalue weighted by Crippen LogP contribution is 2.53. The molecule has 0 saturated heterocycles. The molecule has 1 aromatic heterocycles. The summed E-state index contributed by atoms with van der Waals surface area (Å²) in [6.45, 7) is 0. The molecular formula is C25H24N4O7. The number of aromatic hydroxyl groups is 1. The molecule has 11 heteroatoms. The van der Waals surface area contributed by atoms with Crippen LogP contribution in [-0.2, 0) is 20.8 Å². The van der Waals surface area contributed by atoms with Crippen molar-refractivity contribution < 1.29 is 34.8 Å². The highest BCUT2D eigenvalue weighted by Gasteiger charge is 2.64. The van der Waals surface area contributed by atoms with Crippen molar-refractivity contribution in [3.8, 4) is 17.1 Å². The maximum atomic E-state index is 13.8. The molecule has 1 aromatic carbocycles. The molecule has 5 rings (SSSR count). The molecule has 4 unspecified atom stereocenters. The zero-order chi connectivity index (χ0) is 26.1. The largest absolute Gasteiger partial charge is 0.508 e. The van der Waals surface area contributed by atoms with Gasteiger partial charge in [0.25, 0.3) is 5.91 Å². The van der Waals surface area contributed by atoms with Gasteiger partial charge in [0, 0.05) is 29.4 Å². The molecule has 4 atom stereocenters. The smallest absolute Gasteiger partial charge is 0.255 e. The summed E-state index contributed by atoms with van der Waals surface area (Å²) in [6.07, 6.45) is 3.28. The minimum atomic E-state index is -2.67. The van der Waals surface area contributed by atoms with Crippen LogP contribution in [0.3, 0.4) is 0 Å². The van der Waals surface area contributed by atoms with Gasteiger partial charge in [0.05, 0.1) is 11.6 Å². The molecule has 2 aromatic rings. The first-order chi connectivity index (χ1) is 17.0. The maximum Gasteiger partial charge on any atom is 0.255 e. The van der Waals surface area contributed by atoms with Gasteiger partial charge < -0.3 is 26.2 Å². The van der Waals surface area contributed by atoms with Crippen molar-refractivity contribution in [1.82, 2.24) is 14.9 Å². The number of primary amides is 1. The number of rotatable bonds is 3. The predicted octanol–water partition coefficient (Wildman–Crippen LogP) is 0.421. The SMILES string of the molecule is CN(C)C1C(=O)C(C(N)=O)=C(O)C2(O)C(=O)C3=C(O)c4c(O)ccc(-c5ncccn5)c4CC3CC12. The van der Waals surface area contributed by atoms with E-state index in [2.05, 4.69) is 9.97 Å². The Labute approximate surface area is 205 Å². The van der Waals surface area contributed by atoms with Crippen LogP contribution in [-0.4, -0.2) is 78.5 Å². The topological polar surface area (TPSA) is 187 Å². The van der Waals surface area contributed by atoms with Crippen molar-refractivity contribution >= 4 is 23.2 Å². The number of hydrogen-bond donors (Lipinski definition) is 5. The first-order valence-corrected chi connectivity index (χ1v) is 11.3. The van der Waals surface area contributed by atoms with Crippen molar-refractivity contribution in [3.05, 3.63) is 58.6 Å². The second-order valence-corrected chi connectivity index (χ2v) is 9.52. The van der Waals surface area contributed by atoms with E-state index in [1.54, 1.807) is 38.6 Å². The van der Waals surface area contributed by atoms with Gasteiger partial charge in [0.15, 0.2) is 17.2 Å². The summed E-state index contributed by atoms with van der Waals surface area (Å²) in [4.78, 5) is 48.9. The van der Waals surface area contributed by atoms with Gasteiger partial charge in [0.1, 0.15) is 22.8 Å². The maximum absolute atomic E-state index is 13.8. The van der Waals surface area contributed by atoms with Crippen LogP contribution in [0.25, 0.3) is 17.1 Å². The van der Waals surface area contributed by atoms with E-state index in [0.717, 1.165) is 0 Å². The van der Waals surface area contributed by atoms with Crippen LogP contribution < -0.4 is 5.73 Å². The number of nitrogens with zero attached hydrogens (tertiary/aromatic N) is 3. The fraction of sp³-hybridized carbons (Fsp3) is 0.320. The van der Waals surface area contributed by atoms with Crippen LogP contribution >= 0.6 is 0 Å². The lowest BCUT2D eigenvalue weighted by molar-refractivity contribution is -0.153. The van der Waals surface area contributed by atoms with Crippen LogP contribution in [0.15, 0.2) is 47.5 Å². The van der Waals surface area contributed by atoms with Crippen molar-refractivity contribution in [1.29, 1.82) is 0 Å². The third-order valence-corrected chi connectivity index (χ3v) is 7.41. The summed E-state index contributed by atoms with van der Waals surface area (Å²) < 4.78 is 0. The minimum Gasteiger partial charge on any atom is -0.508 e. The fourth-order valence-electron chi connectivity index (χ4n) is 5.89. The van der Waals surface area contributed by atoms with Crippen molar-refractivity contribution in [2.75, 3.05) is 14.1 Å². The third kappa shape index (κ3) is 3.02. The van der Waals surface area contributed by atoms with Crippen molar-refractivity contribution in [2.45, 2.75) is 24.5 Å². The molecule has 1 heterocycles. The van der Waals surface area contributed by atoms with Crippen LogP contribution in [0.2, 0.25) is 0 Å². The monoisotopic (exact) mass is 492 g/mol. The molecule has 0 spiro atoms. The first-order valence-electron chi connectivity index (χ1n) is 11.3. The molecule has 3 aliphatic rings. The lowest BCUT2D eigenvalue weighted by atomic mass is 9.57. The number of carbonyl (C=O) groups is 3. The Morgan fingerprint density at radius 1 is 1.14 bits per heavy atom. The number of phenols is 1. The molecule has 1 fully saturated rings. The van der Waals surface area contributed by atoms with Gasteiger partial charge in [0.2, 0.25) is 5.78 Å². The Kier molecular flexibility index (Phi) is 5.23. The van der Waals surface area contributed by atoms with Gasteiger partial charge in [-0.05, 0) is 56.6 Å². The molecule has 6 N–H and O–H groups in total. The van der Waals surface area contributed by atoms with Crippen LogP contribution in [0.4, 0.5) is 0 Å². The average molecular weight is 492 g/mol. The summed E-state index contributed by atoms with van der Waals surface area (Å²) in [5, 5.41) is 44.3. The number of aliphatic hydroxyl groups is 3. The van der Waals surface area contributed by atoms with E-state index in [4.69, 9.17) is 5.73 Å². The van der Waals surface area contributed by atoms with E-state index in [1.807, 2.05) is 0 Å². The number of ketones is 2. The number of phenolic OH excluding ortho intramolecular Hbond substituents is 1. The van der Waals surface area contributed by atoms with Gasteiger partial charge in [-0.3, -0.25) is 19.3 Å².